The maximum absolute atomic E-state index is 5.77. The Bertz CT molecular complexity index is 989. The number of benzene rings is 3. The van der Waals surface area contributed by atoms with Gasteiger partial charge in [-0.3, -0.25) is 0 Å². The third-order valence-electron chi connectivity index (χ3n) is 4.24. The first kappa shape index (κ1) is 14.5. The molecule has 116 valence electrons. The summed E-state index contributed by atoms with van der Waals surface area (Å²) < 4.78 is 5.77. The Morgan fingerprint density at radius 2 is 1.50 bits per heavy atom. The van der Waals surface area contributed by atoms with Gasteiger partial charge in [0.25, 0.3) is 0 Å². The molecule has 1 heteroatoms. The number of hydrogen-bond donors (Lipinski definition) is 0. The molecule has 0 aliphatic carbocycles. The minimum atomic E-state index is 0.915. The summed E-state index contributed by atoms with van der Waals surface area (Å²) in [4.78, 5) is 0. The molecule has 0 atom stereocenters. The van der Waals surface area contributed by atoms with Crippen LogP contribution in [0.25, 0.3) is 22.6 Å². The molecule has 0 saturated carbocycles. The normalized spacial score (nSPS) is 11.8. The molecule has 0 radical (unpaired) electrons. The molecule has 0 amide bonds. The molecule has 0 fully saturated rings. The van der Waals surface area contributed by atoms with E-state index in [9.17, 15) is 0 Å². The summed E-state index contributed by atoms with van der Waals surface area (Å²) in [6.07, 6.45) is 4.09. The molecule has 0 saturated heterocycles. The highest BCUT2D eigenvalue weighted by atomic mass is 16.3. The highest BCUT2D eigenvalue weighted by Gasteiger charge is 2.12. The second-order valence-corrected chi connectivity index (χ2v) is 5.98. The molecule has 0 bridgehead atoms. The lowest BCUT2D eigenvalue weighted by Crippen LogP contribution is -1.87. The quantitative estimate of drug-likeness (QED) is 0.403. The van der Waals surface area contributed by atoms with Crippen LogP contribution in [0.5, 0.6) is 0 Å². The van der Waals surface area contributed by atoms with Crippen LogP contribution in [0.3, 0.4) is 0 Å². The molecular weight excluding hydrogens is 292 g/mol. The van der Waals surface area contributed by atoms with Crippen LogP contribution in [0.15, 0.2) is 89.5 Å². The summed E-state index contributed by atoms with van der Waals surface area (Å²) in [7, 11) is 0. The standard InChI is InChI=1S/C23H18O/c1-17-11-13-18(14-12-17)15-21(19-7-3-2-4-8-19)22-16-24-23-10-6-5-9-20(22)23/h2-16H,1H3/b21-15+. The lowest BCUT2D eigenvalue weighted by Gasteiger charge is -2.07. The van der Waals surface area contributed by atoms with E-state index >= 15 is 0 Å². The molecule has 4 rings (SSSR count). The number of fused-ring (bicyclic) bond motifs is 1. The average molecular weight is 310 g/mol. The van der Waals surface area contributed by atoms with Crippen molar-refractivity contribution in [1.29, 1.82) is 0 Å². The first-order valence-corrected chi connectivity index (χ1v) is 8.12. The van der Waals surface area contributed by atoms with Gasteiger partial charge in [0, 0.05) is 10.9 Å². The monoisotopic (exact) mass is 310 g/mol. The highest BCUT2D eigenvalue weighted by Crippen LogP contribution is 2.33. The second-order valence-electron chi connectivity index (χ2n) is 5.98. The van der Waals surface area contributed by atoms with Crippen LogP contribution >= 0.6 is 0 Å². The van der Waals surface area contributed by atoms with Gasteiger partial charge in [-0.2, -0.15) is 0 Å². The first-order chi connectivity index (χ1) is 11.8. The Kier molecular flexibility index (Phi) is 3.76. The topological polar surface area (TPSA) is 13.1 Å². The first-order valence-electron chi connectivity index (χ1n) is 8.12. The lowest BCUT2D eigenvalue weighted by molar-refractivity contribution is 0.615. The average Bonchev–Trinajstić information content (AvgIpc) is 3.06. The van der Waals surface area contributed by atoms with Gasteiger partial charge < -0.3 is 4.42 Å². The maximum atomic E-state index is 5.77. The van der Waals surface area contributed by atoms with Gasteiger partial charge in [0.1, 0.15) is 5.58 Å². The van der Waals surface area contributed by atoms with Crippen molar-refractivity contribution in [3.8, 4) is 0 Å². The Balaban J connectivity index is 1.92. The minimum absolute atomic E-state index is 0.915. The van der Waals surface area contributed by atoms with E-state index in [1.54, 1.807) is 0 Å². The second kappa shape index (κ2) is 6.21. The molecule has 1 aromatic heterocycles. The Morgan fingerprint density at radius 1 is 0.792 bits per heavy atom. The van der Waals surface area contributed by atoms with E-state index in [2.05, 4.69) is 73.7 Å². The number of hydrogen-bond acceptors (Lipinski definition) is 1. The predicted molar refractivity (Wildman–Crippen MR) is 101 cm³/mol. The number of rotatable bonds is 3. The third-order valence-corrected chi connectivity index (χ3v) is 4.24. The molecule has 24 heavy (non-hydrogen) atoms. The lowest BCUT2D eigenvalue weighted by atomic mass is 9.95. The van der Waals surface area contributed by atoms with Crippen molar-refractivity contribution in [1.82, 2.24) is 0 Å². The Morgan fingerprint density at radius 3 is 2.29 bits per heavy atom. The summed E-state index contributed by atoms with van der Waals surface area (Å²) >= 11 is 0. The summed E-state index contributed by atoms with van der Waals surface area (Å²) in [5.74, 6) is 0. The minimum Gasteiger partial charge on any atom is -0.464 e. The van der Waals surface area contributed by atoms with E-state index < -0.39 is 0 Å². The van der Waals surface area contributed by atoms with Crippen LogP contribution in [0.4, 0.5) is 0 Å². The van der Waals surface area contributed by atoms with Crippen molar-refractivity contribution in [2.45, 2.75) is 6.92 Å². The molecule has 1 nitrogen and oxygen atoms in total. The van der Waals surface area contributed by atoms with Gasteiger partial charge in [-0.15, -0.1) is 0 Å². The van der Waals surface area contributed by atoms with Gasteiger partial charge in [-0.05, 0) is 35.8 Å². The highest BCUT2D eigenvalue weighted by molar-refractivity contribution is 6.01. The molecule has 0 N–H and O–H groups in total. The number of para-hydroxylation sites is 1. The predicted octanol–water partition coefficient (Wildman–Crippen LogP) is 6.33. The molecule has 0 aliphatic rings. The van der Waals surface area contributed by atoms with Gasteiger partial charge in [0.05, 0.1) is 6.26 Å². The largest absolute Gasteiger partial charge is 0.464 e. The van der Waals surface area contributed by atoms with Gasteiger partial charge in [-0.1, -0.05) is 78.4 Å². The van der Waals surface area contributed by atoms with Crippen molar-refractivity contribution < 1.29 is 4.42 Å². The van der Waals surface area contributed by atoms with Crippen LogP contribution < -0.4 is 0 Å². The summed E-state index contributed by atoms with van der Waals surface area (Å²) in [5.41, 5.74) is 6.84. The summed E-state index contributed by atoms with van der Waals surface area (Å²) in [6.45, 7) is 2.11. The molecule has 0 unspecified atom stereocenters. The molecule has 4 aromatic rings. The SMILES string of the molecule is Cc1ccc(/C=C(\c2ccccc2)c2coc3ccccc23)cc1. The molecule has 3 aromatic carbocycles. The summed E-state index contributed by atoms with van der Waals surface area (Å²) in [6, 6.07) is 27.2. The van der Waals surface area contributed by atoms with Crippen molar-refractivity contribution >= 4 is 22.6 Å². The fourth-order valence-electron chi connectivity index (χ4n) is 2.95. The van der Waals surface area contributed by atoms with E-state index in [4.69, 9.17) is 4.42 Å². The Labute approximate surface area is 141 Å². The van der Waals surface area contributed by atoms with Gasteiger partial charge in [-0.25, -0.2) is 0 Å². The fraction of sp³-hybridized carbons (Fsp3) is 0.0435. The van der Waals surface area contributed by atoms with Crippen LogP contribution in [0.1, 0.15) is 22.3 Å². The van der Waals surface area contributed by atoms with Gasteiger partial charge >= 0.3 is 0 Å². The summed E-state index contributed by atoms with van der Waals surface area (Å²) in [5, 5.41) is 1.14. The molecule has 0 aliphatic heterocycles. The van der Waals surface area contributed by atoms with Crippen LogP contribution in [0.2, 0.25) is 0 Å². The van der Waals surface area contributed by atoms with E-state index in [1.165, 1.54) is 22.3 Å². The van der Waals surface area contributed by atoms with E-state index in [0.29, 0.717) is 0 Å². The number of furan rings is 1. The van der Waals surface area contributed by atoms with Crippen LogP contribution in [0, 0.1) is 6.92 Å². The molecular formula is C23H18O. The zero-order chi connectivity index (χ0) is 16.4. The van der Waals surface area contributed by atoms with Crippen molar-refractivity contribution in [3.05, 3.63) is 107 Å². The number of aryl methyl sites for hydroxylation is 1. The third kappa shape index (κ3) is 2.77. The molecule has 1 heterocycles. The van der Waals surface area contributed by atoms with E-state index in [0.717, 1.165) is 16.5 Å². The fourth-order valence-corrected chi connectivity index (χ4v) is 2.95. The molecule has 0 spiro atoms. The van der Waals surface area contributed by atoms with Gasteiger partial charge in [0.15, 0.2) is 0 Å². The van der Waals surface area contributed by atoms with Crippen molar-refractivity contribution in [2.24, 2.45) is 0 Å². The van der Waals surface area contributed by atoms with Crippen LogP contribution in [-0.4, -0.2) is 0 Å². The maximum Gasteiger partial charge on any atom is 0.134 e. The zero-order valence-electron chi connectivity index (χ0n) is 13.6. The van der Waals surface area contributed by atoms with Crippen LogP contribution in [-0.2, 0) is 0 Å². The van der Waals surface area contributed by atoms with Gasteiger partial charge in [0.2, 0.25) is 0 Å². The Hall–Kier alpha value is -3.06. The van der Waals surface area contributed by atoms with E-state index in [-0.39, 0.29) is 0 Å². The van der Waals surface area contributed by atoms with Crippen molar-refractivity contribution in [2.75, 3.05) is 0 Å². The van der Waals surface area contributed by atoms with Crippen molar-refractivity contribution in [3.63, 3.8) is 0 Å². The smallest absolute Gasteiger partial charge is 0.134 e. The van der Waals surface area contributed by atoms with E-state index in [1.807, 2.05) is 24.5 Å². The zero-order valence-corrected chi connectivity index (χ0v) is 13.6.